The number of halogens is 3. The molecule has 0 fully saturated rings. The van der Waals surface area contributed by atoms with E-state index in [1.165, 1.54) is 6.07 Å². The Hall–Kier alpha value is 0.471. The van der Waals surface area contributed by atoms with Crippen LogP contribution in [0.1, 0.15) is 0 Å². The van der Waals surface area contributed by atoms with E-state index in [0.717, 1.165) is 16.7 Å². The standard InChI is InChI=1S/C8H6BF3NS.K/c10-9(11,12)7-4-14-8-2-1-5(13)3-6(7)8;/h1-4H,13H2;/q-1;+1. The number of nitrogens with two attached hydrogens (primary N) is 1. The van der Waals surface area contributed by atoms with E-state index in [2.05, 4.69) is 0 Å². The fraction of sp³-hybridized carbons (Fsp3) is 0. The van der Waals surface area contributed by atoms with Crippen molar-refractivity contribution in [3.05, 3.63) is 23.6 Å². The molecule has 0 unspecified atom stereocenters. The van der Waals surface area contributed by atoms with E-state index in [4.69, 9.17) is 5.73 Å². The normalized spacial score (nSPS) is 11.4. The molecular weight excluding hydrogens is 249 g/mol. The van der Waals surface area contributed by atoms with Gasteiger partial charge in [0.25, 0.3) is 0 Å². The van der Waals surface area contributed by atoms with Gasteiger partial charge in [-0.05, 0) is 29.0 Å². The molecule has 7 heteroatoms. The Kier molecular flexibility index (Phi) is 4.30. The van der Waals surface area contributed by atoms with Crippen LogP contribution in [0.3, 0.4) is 0 Å². The third kappa shape index (κ3) is 2.78. The molecule has 1 aromatic carbocycles. The maximum atomic E-state index is 12.5. The zero-order valence-corrected chi connectivity index (χ0v) is 11.9. The van der Waals surface area contributed by atoms with Gasteiger partial charge in [-0.2, -0.15) is 0 Å². The van der Waals surface area contributed by atoms with Crippen LogP contribution < -0.4 is 62.6 Å². The van der Waals surface area contributed by atoms with Crippen molar-refractivity contribution < 1.29 is 64.3 Å². The van der Waals surface area contributed by atoms with Crippen LogP contribution in [0.4, 0.5) is 18.6 Å². The summed E-state index contributed by atoms with van der Waals surface area (Å²) in [4.78, 5) is 0. The second-order valence-electron chi connectivity index (χ2n) is 3.02. The summed E-state index contributed by atoms with van der Waals surface area (Å²) >= 11 is 1.09. The molecule has 1 aromatic heterocycles. The van der Waals surface area contributed by atoms with Crippen LogP contribution in [0.2, 0.25) is 0 Å². The van der Waals surface area contributed by atoms with E-state index in [1.807, 2.05) is 0 Å². The molecule has 0 saturated heterocycles. The van der Waals surface area contributed by atoms with Crippen LogP contribution in [0.15, 0.2) is 23.6 Å². The van der Waals surface area contributed by atoms with E-state index >= 15 is 0 Å². The summed E-state index contributed by atoms with van der Waals surface area (Å²) in [7, 11) is 0. The van der Waals surface area contributed by atoms with Crippen LogP contribution >= 0.6 is 11.3 Å². The molecule has 0 bridgehead atoms. The molecule has 0 atom stereocenters. The third-order valence-electron chi connectivity index (χ3n) is 1.98. The Morgan fingerprint density at radius 2 is 1.87 bits per heavy atom. The second kappa shape index (κ2) is 4.77. The largest absolute Gasteiger partial charge is 1.00 e. The molecule has 2 rings (SSSR count). The molecule has 0 radical (unpaired) electrons. The first kappa shape index (κ1) is 13.5. The van der Waals surface area contributed by atoms with Crippen LogP contribution in [0.25, 0.3) is 10.1 Å². The molecule has 74 valence electrons. The van der Waals surface area contributed by atoms with Crippen molar-refractivity contribution in [3.8, 4) is 0 Å². The van der Waals surface area contributed by atoms with Crippen LogP contribution in [0.5, 0.6) is 0 Å². The number of fused-ring (bicyclic) bond motifs is 1. The predicted octanol–water partition coefficient (Wildman–Crippen LogP) is -0.458. The molecular formula is C8H6BF3KNS. The zero-order valence-electron chi connectivity index (χ0n) is 8.01. The van der Waals surface area contributed by atoms with Gasteiger partial charge in [0.05, 0.1) is 0 Å². The van der Waals surface area contributed by atoms with Crippen molar-refractivity contribution in [1.82, 2.24) is 0 Å². The summed E-state index contributed by atoms with van der Waals surface area (Å²) in [5.74, 6) is 0. The first-order valence-electron chi connectivity index (χ1n) is 3.95. The van der Waals surface area contributed by atoms with Gasteiger partial charge < -0.3 is 18.7 Å². The summed E-state index contributed by atoms with van der Waals surface area (Å²) in [5, 5.41) is 1.35. The van der Waals surface area contributed by atoms with Crippen molar-refractivity contribution in [1.29, 1.82) is 0 Å². The summed E-state index contributed by atoms with van der Waals surface area (Å²) < 4.78 is 38.2. The minimum absolute atomic E-state index is 0. The van der Waals surface area contributed by atoms with Gasteiger partial charge in [-0.15, -0.1) is 11.3 Å². The second-order valence-corrected chi connectivity index (χ2v) is 3.93. The molecule has 15 heavy (non-hydrogen) atoms. The molecule has 0 aliphatic heterocycles. The third-order valence-corrected chi connectivity index (χ3v) is 2.96. The van der Waals surface area contributed by atoms with Gasteiger partial charge in [0.15, 0.2) is 0 Å². The summed E-state index contributed by atoms with van der Waals surface area (Å²) in [6.07, 6.45) is 0. The molecule has 0 saturated carbocycles. The topological polar surface area (TPSA) is 26.0 Å². The van der Waals surface area contributed by atoms with Crippen molar-refractivity contribution in [2.24, 2.45) is 0 Å². The van der Waals surface area contributed by atoms with Gasteiger partial charge in [-0.3, -0.25) is 0 Å². The van der Waals surface area contributed by atoms with Gasteiger partial charge in [-0.25, -0.2) is 0 Å². The average Bonchev–Trinajstić information content (AvgIpc) is 2.45. The summed E-state index contributed by atoms with van der Waals surface area (Å²) in [6.45, 7) is -4.94. The first-order valence-corrected chi connectivity index (χ1v) is 4.83. The number of thiophene rings is 1. The first-order chi connectivity index (χ1) is 6.48. The molecule has 0 spiro atoms. The van der Waals surface area contributed by atoms with E-state index in [-0.39, 0.29) is 56.8 Å². The molecule has 0 aliphatic rings. The van der Waals surface area contributed by atoms with E-state index in [1.54, 1.807) is 12.1 Å². The Morgan fingerprint density at radius 3 is 2.47 bits per heavy atom. The maximum absolute atomic E-state index is 12.5. The quantitative estimate of drug-likeness (QED) is 0.541. The van der Waals surface area contributed by atoms with Gasteiger partial charge >= 0.3 is 58.4 Å². The van der Waals surface area contributed by atoms with Gasteiger partial charge in [0.1, 0.15) is 0 Å². The van der Waals surface area contributed by atoms with Crippen LogP contribution in [0, 0.1) is 0 Å². The molecule has 1 heterocycles. The summed E-state index contributed by atoms with van der Waals surface area (Å²) in [6, 6.07) is 4.59. The van der Waals surface area contributed by atoms with Crippen LogP contribution in [-0.4, -0.2) is 6.98 Å². The minimum Gasteiger partial charge on any atom is -0.445 e. The van der Waals surface area contributed by atoms with Gasteiger partial charge in [0, 0.05) is 10.4 Å². The Balaban J connectivity index is 0.00000112. The van der Waals surface area contributed by atoms with Crippen molar-refractivity contribution in [2.45, 2.75) is 0 Å². The number of benzene rings is 1. The molecule has 0 amide bonds. The predicted molar refractivity (Wildman–Crippen MR) is 54.9 cm³/mol. The monoisotopic (exact) mass is 255 g/mol. The Morgan fingerprint density at radius 1 is 1.20 bits per heavy atom. The number of anilines is 1. The van der Waals surface area contributed by atoms with E-state index < -0.39 is 12.4 Å². The molecule has 1 nitrogen and oxygen atoms in total. The fourth-order valence-electron chi connectivity index (χ4n) is 1.32. The Labute approximate surface area is 131 Å². The number of nitrogen functional groups attached to an aromatic ring is 1. The maximum Gasteiger partial charge on any atom is 1.00 e. The smallest absolute Gasteiger partial charge is 0.445 e. The van der Waals surface area contributed by atoms with Crippen molar-refractivity contribution >= 4 is 39.6 Å². The SMILES string of the molecule is Nc1ccc2scc([B-](F)(F)F)c2c1.[K+]. The number of hydrogen-bond acceptors (Lipinski definition) is 2. The van der Waals surface area contributed by atoms with E-state index in [0.29, 0.717) is 10.4 Å². The van der Waals surface area contributed by atoms with E-state index in [9.17, 15) is 12.9 Å². The van der Waals surface area contributed by atoms with Gasteiger partial charge in [-0.1, -0.05) is 5.46 Å². The minimum atomic E-state index is -4.94. The summed E-state index contributed by atoms with van der Waals surface area (Å²) in [5.41, 5.74) is 5.25. The van der Waals surface area contributed by atoms with Crippen molar-refractivity contribution in [2.75, 3.05) is 5.73 Å². The van der Waals surface area contributed by atoms with Crippen LogP contribution in [-0.2, 0) is 0 Å². The molecule has 2 aromatic rings. The zero-order chi connectivity index (χ0) is 10.3. The average molecular weight is 255 g/mol. The molecule has 2 N–H and O–H groups in total. The van der Waals surface area contributed by atoms with Gasteiger partial charge in [0.2, 0.25) is 0 Å². The fourth-order valence-corrected chi connectivity index (χ4v) is 2.31. The Bertz CT molecular complexity index is 482. The molecule has 0 aliphatic carbocycles. The number of hydrogen-bond donors (Lipinski definition) is 1. The van der Waals surface area contributed by atoms with Crippen molar-refractivity contribution in [3.63, 3.8) is 0 Å². The number of rotatable bonds is 1.